The van der Waals surface area contributed by atoms with Crippen LogP contribution >= 0.6 is 0 Å². The predicted octanol–water partition coefficient (Wildman–Crippen LogP) is 2.90. The molecule has 31 heavy (non-hydrogen) atoms. The molecular formula is C22H21N3O5S. The lowest BCUT2D eigenvalue weighted by Gasteiger charge is -2.10. The van der Waals surface area contributed by atoms with Crippen LogP contribution in [0.2, 0.25) is 0 Å². The Balaban J connectivity index is 1.45. The van der Waals surface area contributed by atoms with Crippen LogP contribution in [0, 0.1) is 0 Å². The first-order valence-electron chi connectivity index (χ1n) is 9.75. The van der Waals surface area contributed by atoms with E-state index in [-0.39, 0.29) is 29.0 Å². The Morgan fingerprint density at radius 2 is 1.68 bits per heavy atom. The summed E-state index contributed by atoms with van der Waals surface area (Å²) in [6.45, 7) is 0.00146. The maximum atomic E-state index is 12.7. The molecule has 3 aromatic rings. The number of carbonyl (C=O) groups is 2. The maximum Gasteiger partial charge on any atom is 0.255 e. The van der Waals surface area contributed by atoms with Crippen LogP contribution in [0.15, 0.2) is 76.2 Å². The van der Waals surface area contributed by atoms with Crippen molar-refractivity contribution in [2.75, 3.05) is 5.32 Å². The van der Waals surface area contributed by atoms with Crippen molar-refractivity contribution < 1.29 is 22.4 Å². The third-order valence-electron chi connectivity index (χ3n) is 4.72. The van der Waals surface area contributed by atoms with Gasteiger partial charge in [-0.2, -0.15) is 0 Å². The van der Waals surface area contributed by atoms with Crippen molar-refractivity contribution in [1.29, 1.82) is 0 Å². The number of hydrogen-bond donors (Lipinski definition) is 3. The summed E-state index contributed by atoms with van der Waals surface area (Å²) in [7, 11) is -3.83. The van der Waals surface area contributed by atoms with E-state index in [4.69, 9.17) is 4.42 Å². The van der Waals surface area contributed by atoms with Crippen LogP contribution in [0.3, 0.4) is 0 Å². The number of benzene rings is 2. The van der Waals surface area contributed by atoms with E-state index in [9.17, 15) is 18.0 Å². The Morgan fingerprint density at radius 3 is 2.39 bits per heavy atom. The van der Waals surface area contributed by atoms with Gasteiger partial charge in [0.25, 0.3) is 11.8 Å². The summed E-state index contributed by atoms with van der Waals surface area (Å²) in [6.07, 6.45) is 3.43. The van der Waals surface area contributed by atoms with Crippen molar-refractivity contribution in [3.8, 4) is 0 Å². The van der Waals surface area contributed by atoms with Crippen LogP contribution in [0.1, 0.15) is 39.3 Å². The fourth-order valence-corrected chi connectivity index (χ4v) is 3.94. The van der Waals surface area contributed by atoms with Crippen LogP contribution in [-0.4, -0.2) is 26.3 Å². The minimum Gasteiger partial charge on any atom is -0.468 e. The molecule has 0 aliphatic heterocycles. The second kappa shape index (κ2) is 8.75. The average Bonchev–Trinajstić information content (AvgIpc) is 3.42. The molecule has 0 unspecified atom stereocenters. The van der Waals surface area contributed by atoms with E-state index in [0.29, 0.717) is 17.0 Å². The van der Waals surface area contributed by atoms with Gasteiger partial charge in [-0.25, -0.2) is 13.1 Å². The van der Waals surface area contributed by atoms with Crippen molar-refractivity contribution in [1.82, 2.24) is 10.0 Å². The molecule has 1 fully saturated rings. The maximum absolute atomic E-state index is 12.7. The minimum atomic E-state index is -3.83. The van der Waals surface area contributed by atoms with Crippen molar-refractivity contribution >= 4 is 27.5 Å². The monoisotopic (exact) mass is 439 g/mol. The summed E-state index contributed by atoms with van der Waals surface area (Å²) >= 11 is 0. The fourth-order valence-electron chi connectivity index (χ4n) is 2.90. The second-order valence-corrected chi connectivity index (χ2v) is 8.98. The zero-order valence-corrected chi connectivity index (χ0v) is 17.3. The van der Waals surface area contributed by atoms with Gasteiger partial charge >= 0.3 is 0 Å². The van der Waals surface area contributed by atoms with Gasteiger partial charge in [0.15, 0.2) is 0 Å². The van der Waals surface area contributed by atoms with Gasteiger partial charge in [0.1, 0.15) is 5.76 Å². The molecule has 8 nitrogen and oxygen atoms in total. The summed E-state index contributed by atoms with van der Waals surface area (Å²) in [4.78, 5) is 24.8. The van der Waals surface area contributed by atoms with Crippen LogP contribution in [0.5, 0.6) is 0 Å². The lowest BCUT2D eigenvalue weighted by molar-refractivity contribution is 0.0949. The third-order valence-corrected chi connectivity index (χ3v) is 6.12. The number of nitrogens with one attached hydrogen (secondary N) is 3. The molecule has 1 aliphatic carbocycles. The number of hydrogen-bond acceptors (Lipinski definition) is 5. The Kier molecular flexibility index (Phi) is 5.88. The van der Waals surface area contributed by atoms with Gasteiger partial charge in [-0.05, 0) is 61.4 Å². The summed E-state index contributed by atoms with van der Waals surface area (Å²) in [5.41, 5.74) is 1.06. The molecule has 9 heteroatoms. The minimum absolute atomic E-state index is 0.00146. The Bertz CT molecular complexity index is 1200. The van der Waals surface area contributed by atoms with Gasteiger partial charge in [-0.15, -0.1) is 0 Å². The predicted molar refractivity (Wildman–Crippen MR) is 114 cm³/mol. The van der Waals surface area contributed by atoms with Crippen LogP contribution < -0.4 is 15.4 Å². The van der Waals surface area contributed by atoms with E-state index in [1.807, 2.05) is 0 Å². The normalized spacial score (nSPS) is 13.5. The van der Waals surface area contributed by atoms with E-state index >= 15 is 0 Å². The van der Waals surface area contributed by atoms with E-state index in [1.54, 1.807) is 36.4 Å². The topological polar surface area (TPSA) is 118 Å². The Labute approximate surface area is 179 Å². The van der Waals surface area contributed by atoms with Gasteiger partial charge < -0.3 is 15.1 Å². The zero-order chi connectivity index (χ0) is 21.8. The van der Waals surface area contributed by atoms with Gasteiger partial charge in [0.2, 0.25) is 10.0 Å². The number of furan rings is 1. The van der Waals surface area contributed by atoms with Gasteiger partial charge in [-0.3, -0.25) is 9.59 Å². The molecule has 2 aromatic carbocycles. The zero-order valence-electron chi connectivity index (χ0n) is 16.5. The molecule has 1 saturated carbocycles. The summed E-state index contributed by atoms with van der Waals surface area (Å²) in [5.74, 6) is -0.194. The standard InChI is InChI=1S/C22H21N3O5S/c26-21(24-17-9-10-17)15-4-1-6-18(12-15)25-22(27)16-5-2-8-20(13-16)31(28,29)23-14-19-7-3-11-30-19/h1-8,11-13,17,23H,9-10,14H2,(H,24,26)(H,25,27). The molecule has 3 N–H and O–H groups in total. The van der Waals surface area contributed by atoms with E-state index in [0.717, 1.165) is 12.8 Å². The molecule has 160 valence electrons. The molecule has 0 spiro atoms. The molecule has 1 aromatic heterocycles. The molecule has 1 heterocycles. The molecule has 0 bridgehead atoms. The highest BCUT2D eigenvalue weighted by atomic mass is 32.2. The Hall–Kier alpha value is -3.43. The molecular weight excluding hydrogens is 418 g/mol. The number of sulfonamides is 1. The van der Waals surface area contributed by atoms with Crippen molar-refractivity contribution in [2.24, 2.45) is 0 Å². The van der Waals surface area contributed by atoms with Gasteiger partial charge in [0, 0.05) is 22.9 Å². The van der Waals surface area contributed by atoms with Crippen molar-refractivity contribution in [3.05, 3.63) is 83.8 Å². The quantitative estimate of drug-likeness (QED) is 0.499. The van der Waals surface area contributed by atoms with Crippen LogP contribution in [0.4, 0.5) is 5.69 Å². The van der Waals surface area contributed by atoms with Crippen LogP contribution in [0.25, 0.3) is 0 Å². The van der Waals surface area contributed by atoms with Crippen molar-refractivity contribution in [3.63, 3.8) is 0 Å². The van der Waals surface area contributed by atoms with Gasteiger partial charge in [0.05, 0.1) is 17.7 Å². The lowest BCUT2D eigenvalue weighted by atomic mass is 10.1. The largest absolute Gasteiger partial charge is 0.468 e. The fraction of sp³-hybridized carbons (Fsp3) is 0.182. The molecule has 2 amide bonds. The smallest absolute Gasteiger partial charge is 0.255 e. The second-order valence-electron chi connectivity index (χ2n) is 7.21. The highest BCUT2D eigenvalue weighted by Gasteiger charge is 2.24. The highest BCUT2D eigenvalue weighted by molar-refractivity contribution is 7.89. The SMILES string of the molecule is O=C(Nc1cccc(C(=O)NC2CC2)c1)c1cccc(S(=O)(=O)NCc2ccco2)c1. The Morgan fingerprint density at radius 1 is 0.935 bits per heavy atom. The first-order valence-corrected chi connectivity index (χ1v) is 11.2. The van der Waals surface area contributed by atoms with E-state index in [2.05, 4.69) is 15.4 Å². The molecule has 0 saturated heterocycles. The first-order chi connectivity index (χ1) is 14.9. The molecule has 1 aliphatic rings. The van der Waals surface area contributed by atoms with E-state index in [1.165, 1.54) is 30.5 Å². The summed E-state index contributed by atoms with van der Waals surface area (Å²) in [6, 6.07) is 15.9. The molecule has 4 rings (SSSR count). The van der Waals surface area contributed by atoms with E-state index < -0.39 is 15.9 Å². The van der Waals surface area contributed by atoms with Crippen molar-refractivity contribution in [2.45, 2.75) is 30.3 Å². The molecule has 0 radical (unpaired) electrons. The van der Waals surface area contributed by atoms with Crippen LogP contribution in [-0.2, 0) is 16.6 Å². The highest BCUT2D eigenvalue weighted by Crippen LogP contribution is 2.20. The number of anilines is 1. The number of carbonyl (C=O) groups excluding carboxylic acids is 2. The third kappa shape index (κ3) is 5.39. The molecule has 0 atom stereocenters. The first kappa shape index (κ1) is 20.8. The summed E-state index contributed by atoms with van der Waals surface area (Å²) in [5, 5.41) is 5.60. The summed E-state index contributed by atoms with van der Waals surface area (Å²) < 4.78 is 32.6. The average molecular weight is 439 g/mol. The number of amides is 2. The van der Waals surface area contributed by atoms with Gasteiger partial charge in [-0.1, -0.05) is 12.1 Å². The number of rotatable bonds is 8. The lowest BCUT2D eigenvalue weighted by Crippen LogP contribution is -2.25.